The molecule has 3 N–H and O–H groups in total. The first-order chi connectivity index (χ1) is 9.58. The van der Waals surface area contributed by atoms with Crippen LogP contribution in [0.5, 0.6) is 0 Å². The van der Waals surface area contributed by atoms with Crippen LogP contribution < -0.4 is 5.73 Å². The lowest BCUT2D eigenvalue weighted by molar-refractivity contribution is -0.0688. The van der Waals surface area contributed by atoms with E-state index < -0.39 is 5.97 Å². The third-order valence-electron chi connectivity index (χ3n) is 4.49. The molecule has 0 amide bonds. The van der Waals surface area contributed by atoms with Crippen molar-refractivity contribution in [2.45, 2.75) is 63.2 Å². The number of hydrogen-bond acceptors (Lipinski definition) is 4. The van der Waals surface area contributed by atoms with E-state index in [1.807, 2.05) is 0 Å². The number of nitrogens with zero attached hydrogens (tertiary/aromatic N) is 2. The maximum atomic E-state index is 10.9. The third kappa shape index (κ3) is 2.52. The van der Waals surface area contributed by atoms with Gasteiger partial charge in [-0.15, -0.1) is 0 Å². The van der Waals surface area contributed by atoms with E-state index in [-0.39, 0.29) is 23.1 Å². The minimum Gasteiger partial charge on any atom is -0.476 e. The molecule has 1 aliphatic carbocycles. The van der Waals surface area contributed by atoms with Crippen LogP contribution in [0.15, 0.2) is 6.20 Å². The molecule has 110 valence electrons. The highest BCUT2D eigenvalue weighted by molar-refractivity contribution is 5.91. The van der Waals surface area contributed by atoms with Crippen LogP contribution in [0.1, 0.15) is 55.4 Å². The van der Waals surface area contributed by atoms with Crippen LogP contribution in [0, 0.1) is 0 Å². The Hall–Kier alpha value is -1.56. The molecule has 1 saturated carbocycles. The van der Waals surface area contributed by atoms with Crippen molar-refractivity contribution in [2.75, 3.05) is 5.73 Å². The summed E-state index contributed by atoms with van der Waals surface area (Å²) in [6.45, 7) is 0.583. The monoisotopic (exact) mass is 279 g/mol. The molecule has 1 aromatic rings. The second-order valence-corrected chi connectivity index (χ2v) is 5.98. The van der Waals surface area contributed by atoms with E-state index in [2.05, 4.69) is 5.10 Å². The molecule has 3 rings (SSSR count). The van der Waals surface area contributed by atoms with Gasteiger partial charge in [0.2, 0.25) is 0 Å². The molecule has 6 heteroatoms. The second kappa shape index (κ2) is 5.09. The van der Waals surface area contributed by atoms with Gasteiger partial charge in [-0.1, -0.05) is 19.3 Å². The zero-order valence-electron chi connectivity index (χ0n) is 11.5. The smallest absolute Gasteiger partial charge is 0.358 e. The summed E-state index contributed by atoms with van der Waals surface area (Å²) in [6.07, 6.45) is 9.97. The van der Waals surface area contributed by atoms with Gasteiger partial charge >= 0.3 is 5.97 Å². The molecule has 1 unspecified atom stereocenters. The van der Waals surface area contributed by atoms with Gasteiger partial charge in [0.1, 0.15) is 0 Å². The molecular formula is C14H21N3O3. The van der Waals surface area contributed by atoms with Crippen molar-refractivity contribution in [3.63, 3.8) is 0 Å². The van der Waals surface area contributed by atoms with Gasteiger partial charge < -0.3 is 15.6 Å². The Morgan fingerprint density at radius 3 is 2.85 bits per heavy atom. The molecule has 1 aliphatic heterocycles. The molecule has 2 heterocycles. The number of rotatable bonds is 3. The first-order valence-corrected chi connectivity index (χ1v) is 7.32. The van der Waals surface area contributed by atoms with Gasteiger partial charge in [0.25, 0.3) is 0 Å². The predicted molar refractivity (Wildman–Crippen MR) is 73.5 cm³/mol. The fourth-order valence-electron chi connectivity index (χ4n) is 3.49. The number of nitrogen functional groups attached to an aromatic ring is 1. The molecule has 2 aliphatic rings. The van der Waals surface area contributed by atoms with E-state index >= 15 is 0 Å². The van der Waals surface area contributed by atoms with Crippen LogP contribution in [0.2, 0.25) is 0 Å². The van der Waals surface area contributed by atoms with Gasteiger partial charge in [0, 0.05) is 6.20 Å². The number of aromatic nitrogens is 2. The highest BCUT2D eigenvalue weighted by Gasteiger charge is 2.40. The number of aromatic carboxylic acids is 1. The maximum Gasteiger partial charge on any atom is 0.358 e. The summed E-state index contributed by atoms with van der Waals surface area (Å²) in [4.78, 5) is 10.9. The van der Waals surface area contributed by atoms with Gasteiger partial charge in [0.15, 0.2) is 5.69 Å². The number of ether oxygens (including phenoxy) is 1. The summed E-state index contributed by atoms with van der Waals surface area (Å²) in [5.74, 6) is -1.09. The van der Waals surface area contributed by atoms with Crippen molar-refractivity contribution in [3.05, 3.63) is 11.9 Å². The highest BCUT2D eigenvalue weighted by Crippen LogP contribution is 2.42. The number of nitrogens with two attached hydrogens (primary N) is 1. The standard InChI is InChI=1S/C14H21N3O3/c15-11-9-17(16-12(11)13(18)19)8-10-4-7-14(20-10)5-2-1-3-6-14/h9-10H,1-8,15H2,(H,18,19). The van der Waals surface area contributed by atoms with Crippen molar-refractivity contribution in [1.82, 2.24) is 9.78 Å². The number of anilines is 1. The van der Waals surface area contributed by atoms with Crippen LogP contribution in [0.3, 0.4) is 0 Å². The van der Waals surface area contributed by atoms with Crippen LogP contribution in [-0.2, 0) is 11.3 Å². The quantitative estimate of drug-likeness (QED) is 0.883. The number of carboxylic acids is 1. The molecule has 0 aromatic carbocycles. The topological polar surface area (TPSA) is 90.4 Å². The van der Waals surface area contributed by atoms with Crippen LogP contribution >= 0.6 is 0 Å². The van der Waals surface area contributed by atoms with Gasteiger partial charge in [-0.3, -0.25) is 4.68 Å². The SMILES string of the molecule is Nc1cn(CC2CCC3(CCCCC3)O2)nc1C(=O)O. The summed E-state index contributed by atoms with van der Waals surface area (Å²) < 4.78 is 7.86. The van der Waals surface area contributed by atoms with E-state index in [0.29, 0.717) is 6.54 Å². The van der Waals surface area contributed by atoms with Gasteiger partial charge in [-0.05, 0) is 25.7 Å². The minimum atomic E-state index is -1.09. The maximum absolute atomic E-state index is 10.9. The lowest BCUT2D eigenvalue weighted by Gasteiger charge is -2.33. The molecule has 1 aromatic heterocycles. The summed E-state index contributed by atoms with van der Waals surface area (Å²) in [7, 11) is 0. The van der Waals surface area contributed by atoms with E-state index in [9.17, 15) is 4.79 Å². The van der Waals surface area contributed by atoms with Crippen LogP contribution in [0.4, 0.5) is 5.69 Å². The lowest BCUT2D eigenvalue weighted by atomic mass is 9.83. The Bertz CT molecular complexity index is 506. The van der Waals surface area contributed by atoms with Crippen molar-refractivity contribution in [2.24, 2.45) is 0 Å². The fourth-order valence-corrected chi connectivity index (χ4v) is 3.49. The lowest BCUT2D eigenvalue weighted by Crippen LogP contribution is -2.32. The fraction of sp³-hybridized carbons (Fsp3) is 0.714. The number of hydrogen-bond donors (Lipinski definition) is 2. The van der Waals surface area contributed by atoms with Crippen LogP contribution in [-0.4, -0.2) is 32.6 Å². The minimum absolute atomic E-state index is 0.0737. The Morgan fingerprint density at radius 1 is 1.45 bits per heavy atom. The third-order valence-corrected chi connectivity index (χ3v) is 4.49. The molecule has 1 atom stereocenters. The first-order valence-electron chi connectivity index (χ1n) is 7.32. The number of carboxylic acid groups (broad SMARTS) is 1. The first kappa shape index (κ1) is 13.4. The summed E-state index contributed by atoms with van der Waals surface area (Å²) >= 11 is 0. The zero-order chi connectivity index (χ0) is 14.2. The zero-order valence-corrected chi connectivity index (χ0v) is 11.5. The molecule has 6 nitrogen and oxygen atoms in total. The molecule has 0 bridgehead atoms. The average molecular weight is 279 g/mol. The van der Waals surface area contributed by atoms with Crippen molar-refractivity contribution in [3.8, 4) is 0 Å². The Morgan fingerprint density at radius 2 is 2.20 bits per heavy atom. The van der Waals surface area contributed by atoms with Crippen molar-refractivity contribution >= 4 is 11.7 Å². The normalized spacial score (nSPS) is 25.1. The molecule has 1 saturated heterocycles. The molecule has 1 spiro atoms. The van der Waals surface area contributed by atoms with Gasteiger partial charge in [0.05, 0.1) is 23.9 Å². The van der Waals surface area contributed by atoms with E-state index in [1.54, 1.807) is 10.9 Å². The Kier molecular flexibility index (Phi) is 3.41. The summed E-state index contributed by atoms with van der Waals surface area (Å²) in [5, 5.41) is 13.0. The van der Waals surface area contributed by atoms with Crippen molar-refractivity contribution < 1.29 is 14.6 Å². The van der Waals surface area contributed by atoms with E-state index in [1.165, 1.54) is 19.3 Å². The molecule has 20 heavy (non-hydrogen) atoms. The number of carbonyl (C=O) groups is 1. The largest absolute Gasteiger partial charge is 0.476 e. The molecule has 0 radical (unpaired) electrons. The summed E-state index contributed by atoms with van der Waals surface area (Å²) in [5.41, 5.74) is 5.87. The second-order valence-electron chi connectivity index (χ2n) is 5.98. The van der Waals surface area contributed by atoms with Gasteiger partial charge in [-0.25, -0.2) is 4.79 Å². The average Bonchev–Trinajstić information content (AvgIpc) is 2.96. The van der Waals surface area contributed by atoms with Crippen LogP contribution in [0.25, 0.3) is 0 Å². The Labute approximate surface area is 117 Å². The van der Waals surface area contributed by atoms with E-state index in [0.717, 1.165) is 25.7 Å². The molecule has 2 fully saturated rings. The highest BCUT2D eigenvalue weighted by atomic mass is 16.5. The molecular weight excluding hydrogens is 258 g/mol. The van der Waals surface area contributed by atoms with Gasteiger partial charge in [-0.2, -0.15) is 5.10 Å². The Balaban J connectivity index is 1.64. The van der Waals surface area contributed by atoms with E-state index in [4.69, 9.17) is 15.6 Å². The van der Waals surface area contributed by atoms with Crippen molar-refractivity contribution in [1.29, 1.82) is 0 Å². The predicted octanol–water partition coefficient (Wildman–Crippen LogP) is 2.05. The summed E-state index contributed by atoms with van der Waals surface area (Å²) in [6, 6.07) is 0.